The van der Waals surface area contributed by atoms with Gasteiger partial charge in [0.25, 0.3) is 5.91 Å². The second kappa shape index (κ2) is 4.67. The predicted octanol–water partition coefficient (Wildman–Crippen LogP) is 1.57. The molecule has 1 atom stereocenters. The second-order valence-electron chi connectivity index (χ2n) is 5.04. The van der Waals surface area contributed by atoms with Gasteiger partial charge in [0.05, 0.1) is 6.04 Å². The molecule has 104 valence electrons. The molecule has 5 heteroatoms. The Balaban J connectivity index is 2.10. The molecule has 0 aliphatic carbocycles. The molecule has 2 heterocycles. The van der Waals surface area contributed by atoms with E-state index in [0.717, 1.165) is 6.42 Å². The summed E-state index contributed by atoms with van der Waals surface area (Å²) in [6.07, 6.45) is 1.54. The molecule has 1 unspecified atom stereocenters. The Kier molecular flexibility index (Phi) is 2.97. The Labute approximate surface area is 116 Å². The minimum atomic E-state index is -0.374. The molecule has 5 nitrogen and oxygen atoms in total. The third-order valence-electron chi connectivity index (χ3n) is 3.96. The summed E-state index contributed by atoms with van der Waals surface area (Å²) < 4.78 is 0. The van der Waals surface area contributed by atoms with Gasteiger partial charge in [-0.2, -0.15) is 0 Å². The monoisotopic (exact) mass is 272 g/mol. The molecule has 0 radical (unpaired) electrons. The fourth-order valence-electron chi connectivity index (χ4n) is 2.96. The number of amides is 1. The summed E-state index contributed by atoms with van der Waals surface area (Å²) in [5, 5.41) is 13.3. The molecule has 20 heavy (non-hydrogen) atoms. The van der Waals surface area contributed by atoms with Gasteiger partial charge in [-0.3, -0.25) is 9.59 Å². The number of nitrogens with zero attached hydrogens (tertiary/aromatic N) is 1. The number of para-hydroxylation sites is 1. The van der Waals surface area contributed by atoms with Crippen molar-refractivity contribution >= 4 is 23.1 Å². The van der Waals surface area contributed by atoms with E-state index in [9.17, 15) is 14.7 Å². The van der Waals surface area contributed by atoms with Crippen LogP contribution in [-0.2, 0) is 9.59 Å². The normalized spacial score (nSPS) is 24.1. The van der Waals surface area contributed by atoms with Gasteiger partial charge in [-0.15, -0.1) is 0 Å². The highest BCUT2D eigenvalue weighted by Gasteiger charge is 2.47. The van der Waals surface area contributed by atoms with E-state index in [0.29, 0.717) is 24.2 Å². The van der Waals surface area contributed by atoms with Crippen molar-refractivity contribution in [2.75, 3.05) is 18.9 Å². The zero-order chi connectivity index (χ0) is 14.3. The molecule has 1 aromatic carbocycles. The summed E-state index contributed by atoms with van der Waals surface area (Å²) in [7, 11) is 1.73. The van der Waals surface area contributed by atoms with Crippen molar-refractivity contribution in [1.82, 2.24) is 4.90 Å². The van der Waals surface area contributed by atoms with Crippen molar-refractivity contribution in [3.63, 3.8) is 0 Å². The van der Waals surface area contributed by atoms with E-state index in [-0.39, 0.29) is 29.1 Å². The largest absolute Gasteiger partial charge is 0.506 e. The third kappa shape index (κ3) is 1.70. The second-order valence-corrected chi connectivity index (χ2v) is 5.04. The molecule has 0 spiro atoms. The lowest BCUT2D eigenvalue weighted by molar-refractivity contribution is -0.125. The lowest BCUT2D eigenvalue weighted by atomic mass is 10.0. The number of ketones is 1. The Hall–Kier alpha value is -2.30. The van der Waals surface area contributed by atoms with Crippen molar-refractivity contribution in [2.24, 2.45) is 0 Å². The molecule has 2 N–H and O–H groups in total. The SMILES string of the molecule is CNc1ccccc1/C(O)=C1\C(=O)C2CCCN2C1=O. The lowest BCUT2D eigenvalue weighted by Crippen LogP contribution is -2.28. The average Bonchev–Trinajstić information content (AvgIpc) is 3.03. The molecule has 2 saturated heterocycles. The van der Waals surface area contributed by atoms with Gasteiger partial charge < -0.3 is 15.3 Å². The van der Waals surface area contributed by atoms with E-state index < -0.39 is 0 Å². The minimum absolute atomic E-state index is 0.0719. The first-order valence-electron chi connectivity index (χ1n) is 6.70. The smallest absolute Gasteiger partial charge is 0.261 e. The first kappa shape index (κ1) is 12.7. The molecule has 0 aromatic heterocycles. The van der Waals surface area contributed by atoms with Crippen LogP contribution in [0.2, 0.25) is 0 Å². The van der Waals surface area contributed by atoms with E-state index in [1.165, 1.54) is 0 Å². The fraction of sp³-hybridized carbons (Fsp3) is 0.333. The standard InChI is InChI=1S/C15H16N2O3/c1-16-10-6-3-2-5-9(10)13(18)12-14(19)11-7-4-8-17(11)15(12)20/h2-3,5-6,11,16,18H,4,7-8H2,1H3/b13-12-. The summed E-state index contributed by atoms with van der Waals surface area (Å²) >= 11 is 0. The Morgan fingerprint density at radius 3 is 2.80 bits per heavy atom. The fourth-order valence-corrected chi connectivity index (χ4v) is 2.96. The highest BCUT2D eigenvalue weighted by molar-refractivity contribution is 6.30. The Morgan fingerprint density at radius 2 is 2.10 bits per heavy atom. The van der Waals surface area contributed by atoms with E-state index in [2.05, 4.69) is 5.32 Å². The first-order valence-corrected chi connectivity index (χ1v) is 6.70. The van der Waals surface area contributed by atoms with Crippen molar-refractivity contribution in [3.8, 4) is 0 Å². The zero-order valence-electron chi connectivity index (χ0n) is 11.2. The quantitative estimate of drug-likeness (QED) is 0.487. The maximum absolute atomic E-state index is 12.3. The van der Waals surface area contributed by atoms with Gasteiger partial charge in [-0.1, -0.05) is 12.1 Å². The van der Waals surface area contributed by atoms with Gasteiger partial charge in [0.1, 0.15) is 11.3 Å². The molecule has 1 amide bonds. The van der Waals surface area contributed by atoms with E-state index in [4.69, 9.17) is 0 Å². The van der Waals surface area contributed by atoms with Crippen LogP contribution in [0.25, 0.3) is 5.76 Å². The molecule has 3 rings (SSSR count). The summed E-state index contributed by atoms with van der Waals surface area (Å²) in [5.41, 5.74) is 1.09. The van der Waals surface area contributed by atoms with Crippen LogP contribution < -0.4 is 5.32 Å². The number of carbonyl (C=O) groups is 2. The number of hydrogen-bond donors (Lipinski definition) is 2. The van der Waals surface area contributed by atoms with E-state index in [1.807, 2.05) is 6.07 Å². The van der Waals surface area contributed by atoms with Crippen molar-refractivity contribution < 1.29 is 14.7 Å². The van der Waals surface area contributed by atoms with Gasteiger partial charge >= 0.3 is 0 Å². The maximum atomic E-state index is 12.3. The van der Waals surface area contributed by atoms with E-state index >= 15 is 0 Å². The third-order valence-corrected chi connectivity index (χ3v) is 3.96. The van der Waals surface area contributed by atoms with Crippen molar-refractivity contribution in [3.05, 3.63) is 35.4 Å². The van der Waals surface area contributed by atoms with Crippen LogP contribution in [0.15, 0.2) is 29.8 Å². The number of anilines is 1. The van der Waals surface area contributed by atoms with Gasteiger partial charge in [-0.05, 0) is 25.0 Å². The summed E-state index contributed by atoms with van der Waals surface area (Å²) in [6.45, 7) is 0.597. The molecule has 2 aliphatic rings. The van der Waals surface area contributed by atoms with Crippen LogP contribution >= 0.6 is 0 Å². The first-order chi connectivity index (χ1) is 9.65. The number of benzene rings is 1. The average molecular weight is 272 g/mol. The van der Waals surface area contributed by atoms with Crippen LogP contribution in [0.4, 0.5) is 5.69 Å². The number of aliphatic hydroxyl groups excluding tert-OH is 1. The van der Waals surface area contributed by atoms with Crippen molar-refractivity contribution in [2.45, 2.75) is 18.9 Å². The van der Waals surface area contributed by atoms with Gasteiger partial charge in [-0.25, -0.2) is 0 Å². The summed E-state index contributed by atoms with van der Waals surface area (Å²) in [5.74, 6) is -0.823. The highest BCUT2D eigenvalue weighted by Crippen LogP contribution is 2.34. The van der Waals surface area contributed by atoms with E-state index in [1.54, 1.807) is 30.1 Å². The van der Waals surface area contributed by atoms with Gasteiger partial charge in [0, 0.05) is 24.8 Å². The highest BCUT2D eigenvalue weighted by atomic mass is 16.3. The van der Waals surface area contributed by atoms with Crippen LogP contribution in [0.5, 0.6) is 0 Å². The van der Waals surface area contributed by atoms with Crippen LogP contribution in [0, 0.1) is 0 Å². The maximum Gasteiger partial charge on any atom is 0.261 e. The van der Waals surface area contributed by atoms with Crippen molar-refractivity contribution in [1.29, 1.82) is 0 Å². The zero-order valence-corrected chi connectivity index (χ0v) is 11.2. The van der Waals surface area contributed by atoms with Gasteiger partial charge in [0.2, 0.25) is 0 Å². The number of rotatable bonds is 2. The summed E-state index contributed by atoms with van der Waals surface area (Å²) in [4.78, 5) is 26.2. The molecule has 2 fully saturated rings. The van der Waals surface area contributed by atoms with Crippen LogP contribution in [-0.4, -0.2) is 41.3 Å². The topological polar surface area (TPSA) is 69.6 Å². The number of hydrogen-bond acceptors (Lipinski definition) is 4. The predicted molar refractivity (Wildman–Crippen MR) is 75.3 cm³/mol. The number of fused-ring (bicyclic) bond motifs is 1. The number of Topliss-reactive ketones (excluding diaryl/α,β-unsaturated/α-hetero) is 1. The number of aliphatic hydroxyl groups is 1. The van der Waals surface area contributed by atoms with Crippen LogP contribution in [0.3, 0.4) is 0 Å². The Bertz CT molecular complexity index is 597. The summed E-state index contributed by atoms with van der Waals surface area (Å²) in [6, 6.07) is 6.69. The molecule has 1 aromatic rings. The minimum Gasteiger partial charge on any atom is -0.506 e. The van der Waals surface area contributed by atoms with Crippen LogP contribution in [0.1, 0.15) is 18.4 Å². The Morgan fingerprint density at radius 1 is 1.35 bits per heavy atom. The number of nitrogens with one attached hydrogen (secondary N) is 1. The molecule has 0 saturated carbocycles. The number of carbonyl (C=O) groups excluding carboxylic acids is 2. The molecule has 2 aliphatic heterocycles. The molecular weight excluding hydrogens is 256 g/mol. The molecule has 0 bridgehead atoms. The molecular formula is C15H16N2O3. The van der Waals surface area contributed by atoms with Gasteiger partial charge in [0.15, 0.2) is 5.78 Å². The lowest BCUT2D eigenvalue weighted by Gasteiger charge is -2.12.